The second kappa shape index (κ2) is 7.65. The Morgan fingerprint density at radius 1 is 1.26 bits per heavy atom. The van der Waals surface area contributed by atoms with Crippen molar-refractivity contribution < 1.29 is 4.79 Å². The van der Waals surface area contributed by atoms with Crippen LogP contribution in [0.2, 0.25) is 5.02 Å². The van der Waals surface area contributed by atoms with Crippen molar-refractivity contribution >= 4 is 35.1 Å². The lowest BCUT2D eigenvalue weighted by Gasteiger charge is -2.10. The Labute approximate surface area is 123 Å². The number of rotatable bonds is 5. The predicted molar refractivity (Wildman–Crippen MR) is 83.2 cm³/mol. The third-order valence-corrected chi connectivity index (χ3v) is 4.78. The zero-order chi connectivity index (χ0) is 13.5. The fourth-order valence-corrected chi connectivity index (χ4v) is 3.50. The summed E-state index contributed by atoms with van der Waals surface area (Å²) in [5.41, 5.74) is 0.755. The highest BCUT2D eigenvalue weighted by Crippen LogP contribution is 2.28. The molecule has 5 heteroatoms. The van der Waals surface area contributed by atoms with Gasteiger partial charge >= 0.3 is 6.03 Å². The van der Waals surface area contributed by atoms with Crippen LogP contribution in [0.15, 0.2) is 24.3 Å². The average Bonchev–Trinajstić information content (AvgIpc) is 2.91. The van der Waals surface area contributed by atoms with Gasteiger partial charge in [-0.25, -0.2) is 4.79 Å². The molecule has 2 amide bonds. The molecule has 0 heterocycles. The summed E-state index contributed by atoms with van der Waals surface area (Å²) in [6, 6.07) is 6.93. The van der Waals surface area contributed by atoms with Gasteiger partial charge in [0, 0.05) is 28.3 Å². The van der Waals surface area contributed by atoms with E-state index in [1.165, 1.54) is 25.7 Å². The molecule has 1 aliphatic carbocycles. The molecule has 0 spiro atoms. The van der Waals surface area contributed by atoms with Crippen molar-refractivity contribution in [1.82, 2.24) is 5.32 Å². The van der Waals surface area contributed by atoms with E-state index >= 15 is 0 Å². The summed E-state index contributed by atoms with van der Waals surface area (Å²) < 4.78 is 0. The lowest BCUT2D eigenvalue weighted by Crippen LogP contribution is -2.30. The first-order valence-corrected chi connectivity index (χ1v) is 8.09. The number of hydrogen-bond donors (Lipinski definition) is 2. The molecule has 1 aromatic carbocycles. The molecule has 0 unspecified atom stereocenters. The minimum absolute atomic E-state index is 0.158. The highest BCUT2D eigenvalue weighted by Gasteiger charge is 2.14. The number of urea groups is 1. The Morgan fingerprint density at radius 3 is 2.63 bits per heavy atom. The van der Waals surface area contributed by atoms with Gasteiger partial charge < -0.3 is 10.6 Å². The van der Waals surface area contributed by atoms with Crippen LogP contribution in [-0.4, -0.2) is 23.6 Å². The predicted octanol–water partition coefficient (Wildman–Crippen LogP) is 4.14. The van der Waals surface area contributed by atoms with E-state index in [4.69, 9.17) is 11.6 Å². The average molecular weight is 299 g/mol. The molecule has 1 saturated carbocycles. The summed E-state index contributed by atoms with van der Waals surface area (Å²) in [6.07, 6.45) is 5.40. The fourth-order valence-electron chi connectivity index (χ4n) is 2.15. The Bertz CT molecular complexity index is 404. The van der Waals surface area contributed by atoms with Crippen molar-refractivity contribution in [3.05, 3.63) is 29.3 Å². The Morgan fingerprint density at radius 2 is 1.95 bits per heavy atom. The van der Waals surface area contributed by atoms with Gasteiger partial charge in [0.15, 0.2) is 0 Å². The molecule has 104 valence electrons. The topological polar surface area (TPSA) is 41.1 Å². The standard InChI is InChI=1S/C14H19ClN2OS/c15-11-5-7-12(8-6-11)17-14(18)16-9-10-19-13-3-1-2-4-13/h5-8,13H,1-4,9-10H2,(H2,16,17,18). The van der Waals surface area contributed by atoms with E-state index in [-0.39, 0.29) is 6.03 Å². The van der Waals surface area contributed by atoms with Crippen LogP contribution in [0.1, 0.15) is 25.7 Å². The van der Waals surface area contributed by atoms with Crippen LogP contribution in [0, 0.1) is 0 Å². The number of carbonyl (C=O) groups excluding carboxylic acids is 1. The number of benzene rings is 1. The number of nitrogens with one attached hydrogen (secondary N) is 2. The smallest absolute Gasteiger partial charge is 0.319 e. The van der Waals surface area contributed by atoms with Gasteiger partial charge in [0.25, 0.3) is 0 Å². The van der Waals surface area contributed by atoms with E-state index in [1.54, 1.807) is 24.3 Å². The van der Waals surface area contributed by atoms with Crippen LogP contribution in [-0.2, 0) is 0 Å². The molecule has 1 aromatic rings. The third kappa shape index (κ3) is 5.33. The van der Waals surface area contributed by atoms with Crippen LogP contribution in [0.3, 0.4) is 0 Å². The number of halogens is 1. The number of amides is 2. The quantitative estimate of drug-likeness (QED) is 0.802. The zero-order valence-corrected chi connectivity index (χ0v) is 12.4. The number of anilines is 1. The van der Waals surface area contributed by atoms with Crippen molar-refractivity contribution in [1.29, 1.82) is 0 Å². The summed E-state index contributed by atoms with van der Waals surface area (Å²) in [5, 5.41) is 7.12. The first-order valence-electron chi connectivity index (χ1n) is 6.66. The molecule has 0 bridgehead atoms. The summed E-state index contributed by atoms with van der Waals surface area (Å²) in [4.78, 5) is 11.6. The van der Waals surface area contributed by atoms with E-state index < -0.39 is 0 Å². The summed E-state index contributed by atoms with van der Waals surface area (Å²) in [6.45, 7) is 0.709. The molecule has 2 N–H and O–H groups in total. The van der Waals surface area contributed by atoms with Gasteiger partial charge in [0.2, 0.25) is 0 Å². The first-order chi connectivity index (χ1) is 9.24. The molecule has 3 nitrogen and oxygen atoms in total. The highest BCUT2D eigenvalue weighted by atomic mass is 35.5. The van der Waals surface area contributed by atoms with Gasteiger partial charge in [-0.1, -0.05) is 24.4 Å². The van der Waals surface area contributed by atoms with E-state index in [0.29, 0.717) is 11.6 Å². The number of carbonyl (C=O) groups is 1. The molecule has 2 rings (SSSR count). The van der Waals surface area contributed by atoms with Gasteiger partial charge in [-0.3, -0.25) is 0 Å². The van der Waals surface area contributed by atoms with Gasteiger partial charge in [0.05, 0.1) is 0 Å². The van der Waals surface area contributed by atoms with Crippen LogP contribution in [0.25, 0.3) is 0 Å². The van der Waals surface area contributed by atoms with Crippen molar-refractivity contribution in [3.8, 4) is 0 Å². The lowest BCUT2D eigenvalue weighted by molar-refractivity contribution is 0.252. The second-order valence-corrected chi connectivity index (χ2v) is 6.51. The van der Waals surface area contributed by atoms with Crippen molar-refractivity contribution in [2.24, 2.45) is 0 Å². The van der Waals surface area contributed by atoms with Crippen molar-refractivity contribution in [2.45, 2.75) is 30.9 Å². The molecule has 0 saturated heterocycles. The molecule has 1 fully saturated rings. The van der Waals surface area contributed by atoms with E-state index in [1.807, 2.05) is 11.8 Å². The zero-order valence-electron chi connectivity index (χ0n) is 10.8. The maximum atomic E-state index is 11.6. The largest absolute Gasteiger partial charge is 0.337 e. The molecule has 0 aromatic heterocycles. The minimum Gasteiger partial charge on any atom is -0.337 e. The van der Waals surface area contributed by atoms with Gasteiger partial charge in [-0.2, -0.15) is 11.8 Å². The minimum atomic E-state index is -0.158. The van der Waals surface area contributed by atoms with E-state index in [2.05, 4.69) is 10.6 Å². The van der Waals surface area contributed by atoms with Gasteiger partial charge in [0.1, 0.15) is 0 Å². The van der Waals surface area contributed by atoms with Crippen LogP contribution < -0.4 is 10.6 Å². The van der Waals surface area contributed by atoms with Crippen molar-refractivity contribution in [2.75, 3.05) is 17.6 Å². The maximum Gasteiger partial charge on any atom is 0.319 e. The summed E-state index contributed by atoms with van der Waals surface area (Å²) in [5.74, 6) is 0.985. The number of thioether (sulfide) groups is 1. The first kappa shape index (κ1) is 14.5. The normalized spacial score (nSPS) is 15.4. The van der Waals surface area contributed by atoms with Gasteiger partial charge in [-0.15, -0.1) is 0 Å². The maximum absolute atomic E-state index is 11.6. The van der Waals surface area contributed by atoms with E-state index in [0.717, 1.165) is 16.7 Å². The van der Waals surface area contributed by atoms with Crippen LogP contribution >= 0.6 is 23.4 Å². The SMILES string of the molecule is O=C(NCCSC1CCCC1)Nc1ccc(Cl)cc1. The molecule has 0 aliphatic heterocycles. The highest BCUT2D eigenvalue weighted by molar-refractivity contribution is 7.99. The Kier molecular flexibility index (Phi) is 5.86. The lowest BCUT2D eigenvalue weighted by atomic mass is 10.3. The monoisotopic (exact) mass is 298 g/mol. The molecular formula is C14H19ClN2OS. The molecule has 0 radical (unpaired) electrons. The molecule has 0 atom stereocenters. The molecular weight excluding hydrogens is 280 g/mol. The summed E-state index contributed by atoms with van der Waals surface area (Å²) in [7, 11) is 0. The molecule has 19 heavy (non-hydrogen) atoms. The van der Waals surface area contributed by atoms with E-state index in [9.17, 15) is 4.79 Å². The van der Waals surface area contributed by atoms with Crippen LogP contribution in [0.5, 0.6) is 0 Å². The van der Waals surface area contributed by atoms with Crippen LogP contribution in [0.4, 0.5) is 10.5 Å². The van der Waals surface area contributed by atoms with Gasteiger partial charge in [-0.05, 0) is 37.1 Å². The second-order valence-electron chi connectivity index (χ2n) is 4.67. The Hall–Kier alpha value is -0.870. The fraction of sp³-hybridized carbons (Fsp3) is 0.500. The Balaban J connectivity index is 1.60. The number of hydrogen-bond acceptors (Lipinski definition) is 2. The molecule has 1 aliphatic rings. The van der Waals surface area contributed by atoms with Crippen molar-refractivity contribution in [3.63, 3.8) is 0 Å². The summed E-state index contributed by atoms with van der Waals surface area (Å²) >= 11 is 7.76. The third-order valence-electron chi connectivity index (χ3n) is 3.15.